The zero-order chi connectivity index (χ0) is 24.2. The van der Waals surface area contributed by atoms with Gasteiger partial charge in [-0.25, -0.2) is 9.97 Å². The number of carbonyl (C=O) groups is 1. The Kier molecular flexibility index (Phi) is 6.80. The molecule has 5 rings (SSSR count). The second-order valence-electron chi connectivity index (χ2n) is 9.09. The molecular weight excluding hydrogens is 436 g/mol. The summed E-state index contributed by atoms with van der Waals surface area (Å²) in [5.41, 5.74) is 4.84. The van der Waals surface area contributed by atoms with Crippen LogP contribution in [0.25, 0.3) is 27.7 Å². The van der Waals surface area contributed by atoms with Crippen molar-refractivity contribution in [2.45, 2.75) is 65.3 Å². The van der Waals surface area contributed by atoms with E-state index in [1.165, 1.54) is 5.56 Å². The van der Waals surface area contributed by atoms with Gasteiger partial charge in [-0.05, 0) is 37.0 Å². The van der Waals surface area contributed by atoms with Gasteiger partial charge < -0.3 is 9.30 Å². The van der Waals surface area contributed by atoms with Crippen molar-refractivity contribution >= 4 is 33.7 Å². The normalized spacial score (nSPS) is 11.6. The molecule has 0 aliphatic carbocycles. The minimum absolute atomic E-state index is 0.210. The van der Waals surface area contributed by atoms with E-state index in [1.807, 2.05) is 30.5 Å². The van der Waals surface area contributed by atoms with Gasteiger partial charge in [-0.1, -0.05) is 69.2 Å². The molecule has 0 radical (unpaired) electrons. The van der Waals surface area contributed by atoms with Gasteiger partial charge in [0.2, 0.25) is 0 Å². The Hall–Kier alpha value is -3.67. The lowest BCUT2D eigenvalue weighted by Crippen LogP contribution is -2.07. The van der Waals surface area contributed by atoms with Crippen LogP contribution in [-0.4, -0.2) is 24.9 Å². The highest BCUT2D eigenvalue weighted by Crippen LogP contribution is 2.34. The van der Waals surface area contributed by atoms with E-state index < -0.39 is 0 Å². The zero-order valence-electron chi connectivity index (χ0n) is 20.5. The Bertz CT molecular complexity index is 1470. The first-order valence-corrected chi connectivity index (χ1v) is 12.7. The topological polar surface area (TPSA) is 61.4 Å². The maximum absolute atomic E-state index is 12.6. The van der Waals surface area contributed by atoms with E-state index in [0.717, 1.165) is 78.6 Å². The number of benzene rings is 2. The molecule has 0 bridgehead atoms. The van der Waals surface area contributed by atoms with Crippen molar-refractivity contribution in [1.29, 1.82) is 0 Å². The number of carbonyl (C=O) groups excluding carboxylic acids is 1. The summed E-state index contributed by atoms with van der Waals surface area (Å²) in [5, 5.41) is 0.805. The van der Waals surface area contributed by atoms with Gasteiger partial charge in [0.15, 0.2) is 11.4 Å². The van der Waals surface area contributed by atoms with Gasteiger partial charge in [-0.15, -0.1) is 0 Å². The summed E-state index contributed by atoms with van der Waals surface area (Å²) in [6.07, 6.45) is 7.96. The largest absolute Gasteiger partial charge is 0.424 e. The van der Waals surface area contributed by atoms with Crippen LogP contribution in [-0.2, 0) is 24.2 Å². The van der Waals surface area contributed by atoms with Crippen LogP contribution in [0.15, 0.2) is 60.8 Å². The van der Waals surface area contributed by atoms with E-state index in [9.17, 15) is 4.79 Å². The number of ether oxygens (including phenoxy) is 1. The molecule has 0 N–H and O–H groups in total. The summed E-state index contributed by atoms with van der Waals surface area (Å²) in [7, 11) is 0. The third-order valence-corrected chi connectivity index (χ3v) is 6.49. The Morgan fingerprint density at radius 2 is 1.66 bits per heavy atom. The molecule has 0 spiro atoms. The number of fused-ring (bicyclic) bond motifs is 5. The number of unbranched alkanes of at least 4 members (excludes halogenated alkanes) is 2. The average Bonchev–Trinajstić information content (AvgIpc) is 3.43. The van der Waals surface area contributed by atoms with Crippen LogP contribution in [0.4, 0.5) is 0 Å². The standard InChI is InChI=1S/C29H32N4O2/c1-3-5-16-25-31-28-27(29-30-22-14-10-11-15-23(22)33(25)29)24(35-26(34)17-6-4-2)20-32(28)19-18-21-12-8-7-9-13-21/h7-15,20H,3-6,16-19H2,1-2H3. The van der Waals surface area contributed by atoms with Gasteiger partial charge >= 0.3 is 5.97 Å². The molecule has 3 aromatic heterocycles. The quantitative estimate of drug-likeness (QED) is 0.219. The SMILES string of the molecule is CCCCC(=O)Oc1cn(CCc2ccccc2)c2nc(CCCC)n3c4ccccc4nc3c12. The van der Waals surface area contributed by atoms with Crippen molar-refractivity contribution in [3.8, 4) is 5.75 Å². The van der Waals surface area contributed by atoms with Crippen molar-refractivity contribution < 1.29 is 9.53 Å². The predicted octanol–water partition coefficient (Wildman–Crippen LogP) is 6.52. The average molecular weight is 469 g/mol. The van der Waals surface area contributed by atoms with Crippen LogP contribution in [0.1, 0.15) is 57.3 Å². The number of aromatic nitrogens is 4. The van der Waals surface area contributed by atoms with Gasteiger partial charge in [-0.3, -0.25) is 9.20 Å². The molecule has 6 heteroatoms. The maximum Gasteiger partial charge on any atom is 0.311 e. The number of imidazole rings is 1. The number of rotatable bonds is 10. The van der Waals surface area contributed by atoms with E-state index in [2.05, 4.69) is 53.1 Å². The predicted molar refractivity (Wildman–Crippen MR) is 140 cm³/mol. The third-order valence-electron chi connectivity index (χ3n) is 6.49. The molecule has 35 heavy (non-hydrogen) atoms. The number of para-hydroxylation sites is 2. The van der Waals surface area contributed by atoms with Crippen LogP contribution in [0, 0.1) is 0 Å². The first kappa shape index (κ1) is 23.1. The monoisotopic (exact) mass is 468 g/mol. The molecule has 0 saturated heterocycles. The molecule has 0 amide bonds. The summed E-state index contributed by atoms with van der Waals surface area (Å²) in [6.45, 7) is 5.01. The summed E-state index contributed by atoms with van der Waals surface area (Å²) >= 11 is 0. The molecule has 3 heterocycles. The Morgan fingerprint density at radius 3 is 2.46 bits per heavy atom. The molecule has 0 aliphatic rings. The van der Waals surface area contributed by atoms with Crippen molar-refractivity contribution in [3.63, 3.8) is 0 Å². The van der Waals surface area contributed by atoms with E-state index in [1.54, 1.807) is 0 Å². The zero-order valence-corrected chi connectivity index (χ0v) is 20.5. The number of esters is 1. The minimum Gasteiger partial charge on any atom is -0.424 e. The molecule has 0 fully saturated rings. The third kappa shape index (κ3) is 4.65. The van der Waals surface area contributed by atoms with Crippen molar-refractivity contribution in [2.24, 2.45) is 0 Å². The number of hydrogen-bond acceptors (Lipinski definition) is 4. The van der Waals surface area contributed by atoms with Gasteiger partial charge in [-0.2, -0.15) is 0 Å². The lowest BCUT2D eigenvalue weighted by atomic mass is 10.1. The number of aryl methyl sites for hydroxylation is 3. The second-order valence-corrected chi connectivity index (χ2v) is 9.09. The fraction of sp³-hybridized carbons (Fsp3) is 0.345. The molecule has 0 unspecified atom stereocenters. The summed E-state index contributed by atoms with van der Waals surface area (Å²) in [4.78, 5) is 22.8. The second kappa shape index (κ2) is 10.3. The van der Waals surface area contributed by atoms with Gasteiger partial charge in [0, 0.05) is 25.6 Å². The van der Waals surface area contributed by atoms with Crippen LogP contribution in [0.2, 0.25) is 0 Å². The summed E-state index contributed by atoms with van der Waals surface area (Å²) in [5.74, 6) is 1.33. The number of nitrogens with zero attached hydrogens (tertiary/aromatic N) is 4. The lowest BCUT2D eigenvalue weighted by molar-refractivity contribution is -0.134. The number of hydrogen-bond donors (Lipinski definition) is 0. The molecule has 2 aromatic carbocycles. The van der Waals surface area contributed by atoms with E-state index in [4.69, 9.17) is 14.7 Å². The Labute approximate surface area is 205 Å². The molecular formula is C29H32N4O2. The first-order chi connectivity index (χ1) is 17.2. The van der Waals surface area contributed by atoms with Gasteiger partial charge in [0.25, 0.3) is 0 Å². The van der Waals surface area contributed by atoms with Gasteiger partial charge in [0.1, 0.15) is 16.9 Å². The summed E-state index contributed by atoms with van der Waals surface area (Å²) in [6, 6.07) is 18.6. The Balaban J connectivity index is 1.68. The van der Waals surface area contributed by atoms with Crippen LogP contribution >= 0.6 is 0 Å². The van der Waals surface area contributed by atoms with Crippen molar-refractivity contribution in [1.82, 2.24) is 18.9 Å². The molecule has 0 aliphatic heterocycles. The maximum atomic E-state index is 12.6. The molecule has 5 aromatic rings. The fourth-order valence-corrected chi connectivity index (χ4v) is 4.62. The highest BCUT2D eigenvalue weighted by molar-refractivity contribution is 6.00. The fourth-order valence-electron chi connectivity index (χ4n) is 4.62. The smallest absolute Gasteiger partial charge is 0.311 e. The molecule has 180 valence electrons. The van der Waals surface area contributed by atoms with Crippen molar-refractivity contribution in [3.05, 3.63) is 72.2 Å². The van der Waals surface area contributed by atoms with Crippen LogP contribution in [0.5, 0.6) is 5.75 Å². The molecule has 6 nitrogen and oxygen atoms in total. The highest BCUT2D eigenvalue weighted by Gasteiger charge is 2.22. The molecule has 0 atom stereocenters. The lowest BCUT2D eigenvalue weighted by Gasteiger charge is -2.09. The van der Waals surface area contributed by atoms with E-state index in [0.29, 0.717) is 12.2 Å². The van der Waals surface area contributed by atoms with E-state index >= 15 is 0 Å². The summed E-state index contributed by atoms with van der Waals surface area (Å²) < 4.78 is 10.2. The van der Waals surface area contributed by atoms with Crippen LogP contribution < -0.4 is 4.74 Å². The highest BCUT2D eigenvalue weighted by atomic mass is 16.5. The first-order valence-electron chi connectivity index (χ1n) is 12.7. The molecule has 0 saturated carbocycles. The van der Waals surface area contributed by atoms with Crippen molar-refractivity contribution in [2.75, 3.05) is 0 Å². The van der Waals surface area contributed by atoms with E-state index in [-0.39, 0.29) is 5.97 Å². The Morgan fingerprint density at radius 1 is 0.886 bits per heavy atom. The van der Waals surface area contributed by atoms with Crippen LogP contribution in [0.3, 0.4) is 0 Å². The van der Waals surface area contributed by atoms with Gasteiger partial charge in [0.05, 0.1) is 11.0 Å². The minimum atomic E-state index is -0.210.